The second-order valence-electron chi connectivity index (χ2n) is 7.92. The minimum atomic E-state index is -0.508. The Morgan fingerprint density at radius 2 is 1.88 bits per heavy atom. The van der Waals surface area contributed by atoms with E-state index in [1.165, 1.54) is 25.3 Å². The van der Waals surface area contributed by atoms with Crippen LogP contribution in [0.5, 0.6) is 11.5 Å². The summed E-state index contributed by atoms with van der Waals surface area (Å²) in [5, 5.41) is 22.6. The van der Waals surface area contributed by atoms with Crippen molar-refractivity contribution in [2.24, 2.45) is 5.92 Å². The van der Waals surface area contributed by atoms with Crippen molar-refractivity contribution in [2.75, 3.05) is 37.5 Å². The highest BCUT2D eigenvalue weighted by molar-refractivity contribution is 5.94. The van der Waals surface area contributed by atoms with Crippen molar-refractivity contribution in [2.45, 2.75) is 12.8 Å². The number of carbonyl (C=O) groups excluding carboxylic acids is 1. The number of methoxy groups -OCH3 is 2. The summed E-state index contributed by atoms with van der Waals surface area (Å²) in [6.07, 6.45) is 1.52. The lowest BCUT2D eigenvalue weighted by Gasteiger charge is -2.32. The first-order chi connectivity index (χ1) is 16.5. The maximum absolute atomic E-state index is 13.0. The van der Waals surface area contributed by atoms with E-state index in [0.717, 1.165) is 30.0 Å². The van der Waals surface area contributed by atoms with Crippen LogP contribution in [-0.2, 0) is 4.79 Å². The molecule has 10 nitrogen and oxygen atoms in total. The van der Waals surface area contributed by atoms with Crippen LogP contribution < -0.4 is 19.7 Å². The fraction of sp³-hybridized carbons (Fsp3) is 0.292. The predicted molar refractivity (Wildman–Crippen MR) is 127 cm³/mol. The van der Waals surface area contributed by atoms with Gasteiger partial charge < -0.3 is 19.7 Å². The van der Waals surface area contributed by atoms with Gasteiger partial charge in [-0.3, -0.25) is 14.9 Å². The number of amides is 1. The zero-order valence-corrected chi connectivity index (χ0v) is 18.9. The van der Waals surface area contributed by atoms with E-state index >= 15 is 0 Å². The monoisotopic (exact) mass is 463 g/mol. The lowest BCUT2D eigenvalue weighted by molar-refractivity contribution is -0.384. The minimum Gasteiger partial charge on any atom is -0.497 e. The molecule has 1 aromatic heterocycles. The highest BCUT2D eigenvalue weighted by atomic mass is 16.6. The third kappa shape index (κ3) is 5.06. The first-order valence-electron chi connectivity index (χ1n) is 10.8. The smallest absolute Gasteiger partial charge is 0.271 e. The van der Waals surface area contributed by atoms with E-state index in [1.807, 2.05) is 41.3 Å². The number of ether oxygens (including phenoxy) is 2. The summed E-state index contributed by atoms with van der Waals surface area (Å²) in [6.45, 7) is 1.24. The van der Waals surface area contributed by atoms with Crippen LogP contribution in [0.3, 0.4) is 0 Å². The van der Waals surface area contributed by atoms with Crippen LogP contribution in [0.1, 0.15) is 12.8 Å². The van der Waals surface area contributed by atoms with Crippen LogP contribution in [0.15, 0.2) is 54.6 Å². The van der Waals surface area contributed by atoms with Gasteiger partial charge in [0, 0.05) is 30.8 Å². The number of anilines is 2. The molecule has 1 aliphatic heterocycles. The Labute approximate surface area is 196 Å². The lowest BCUT2D eigenvalue weighted by atomic mass is 9.97. The first-order valence-corrected chi connectivity index (χ1v) is 10.8. The molecule has 0 radical (unpaired) electrons. The van der Waals surface area contributed by atoms with Gasteiger partial charge in [-0.15, -0.1) is 10.2 Å². The molecular weight excluding hydrogens is 438 g/mol. The summed E-state index contributed by atoms with van der Waals surface area (Å²) in [4.78, 5) is 25.6. The Balaban J connectivity index is 1.44. The van der Waals surface area contributed by atoms with Gasteiger partial charge in [0.1, 0.15) is 11.5 Å². The molecule has 2 heterocycles. The molecule has 0 bridgehead atoms. The Hall–Kier alpha value is -4.21. The average Bonchev–Trinajstić information content (AvgIpc) is 2.89. The summed E-state index contributed by atoms with van der Waals surface area (Å²) in [5.74, 6) is 1.31. The molecule has 1 aliphatic rings. The van der Waals surface area contributed by atoms with Crippen molar-refractivity contribution in [1.82, 2.24) is 10.2 Å². The molecule has 0 spiro atoms. The lowest BCUT2D eigenvalue weighted by Crippen LogP contribution is -2.41. The van der Waals surface area contributed by atoms with Crippen molar-refractivity contribution in [1.29, 1.82) is 0 Å². The van der Waals surface area contributed by atoms with Crippen molar-refractivity contribution in [3.8, 4) is 22.8 Å². The standard InChI is InChI=1S/C24H25N5O5/c1-33-19-8-5-16(6-9-19)20-10-12-23(27-26-20)28-13-3-4-17(15-28)24(30)25-21-14-18(29(31)32)7-11-22(21)34-2/h5-12,14,17H,3-4,13,15H2,1-2H3,(H,25,30). The second kappa shape index (κ2) is 10.2. The maximum atomic E-state index is 13.0. The van der Waals surface area contributed by atoms with E-state index in [4.69, 9.17) is 9.47 Å². The molecule has 0 aliphatic carbocycles. The number of hydrogen-bond donors (Lipinski definition) is 1. The molecule has 0 saturated carbocycles. The van der Waals surface area contributed by atoms with Gasteiger partial charge >= 0.3 is 0 Å². The van der Waals surface area contributed by atoms with Gasteiger partial charge in [0.2, 0.25) is 5.91 Å². The molecule has 1 amide bonds. The number of nitro groups is 1. The van der Waals surface area contributed by atoms with Gasteiger partial charge in [-0.25, -0.2) is 0 Å². The number of nitro benzene ring substituents is 1. The third-order valence-electron chi connectivity index (χ3n) is 5.80. The quantitative estimate of drug-likeness (QED) is 0.413. The molecule has 4 rings (SSSR count). The largest absolute Gasteiger partial charge is 0.497 e. The fourth-order valence-corrected chi connectivity index (χ4v) is 3.95. The van der Waals surface area contributed by atoms with E-state index in [9.17, 15) is 14.9 Å². The van der Waals surface area contributed by atoms with Crippen LogP contribution in [0.2, 0.25) is 0 Å². The number of nitrogens with one attached hydrogen (secondary N) is 1. The molecule has 1 fully saturated rings. The molecule has 176 valence electrons. The van der Waals surface area contributed by atoms with E-state index < -0.39 is 4.92 Å². The van der Waals surface area contributed by atoms with Gasteiger partial charge in [-0.1, -0.05) is 0 Å². The van der Waals surface area contributed by atoms with Crippen molar-refractivity contribution >= 4 is 23.1 Å². The van der Waals surface area contributed by atoms with Crippen LogP contribution in [0, 0.1) is 16.0 Å². The van der Waals surface area contributed by atoms with Crippen molar-refractivity contribution in [3.63, 3.8) is 0 Å². The minimum absolute atomic E-state index is 0.117. The average molecular weight is 463 g/mol. The maximum Gasteiger partial charge on any atom is 0.271 e. The number of benzene rings is 2. The van der Waals surface area contributed by atoms with Gasteiger partial charge in [-0.05, 0) is 55.3 Å². The summed E-state index contributed by atoms with van der Waals surface area (Å²) in [5.41, 5.74) is 1.84. The normalized spacial score (nSPS) is 15.5. The number of non-ortho nitro benzene ring substituents is 1. The van der Waals surface area contributed by atoms with Crippen LogP contribution in [0.25, 0.3) is 11.3 Å². The van der Waals surface area contributed by atoms with Gasteiger partial charge in [0.15, 0.2) is 5.82 Å². The molecule has 3 aromatic rings. The van der Waals surface area contributed by atoms with E-state index in [0.29, 0.717) is 24.5 Å². The van der Waals surface area contributed by atoms with Gasteiger partial charge in [-0.2, -0.15) is 0 Å². The number of carbonyl (C=O) groups is 1. The zero-order valence-electron chi connectivity index (χ0n) is 18.9. The molecule has 10 heteroatoms. The van der Waals surface area contributed by atoms with Crippen LogP contribution >= 0.6 is 0 Å². The van der Waals surface area contributed by atoms with Gasteiger partial charge in [0.25, 0.3) is 5.69 Å². The first kappa shape index (κ1) is 23.0. The molecule has 2 aromatic carbocycles. The van der Waals surface area contributed by atoms with E-state index in [-0.39, 0.29) is 23.2 Å². The van der Waals surface area contributed by atoms with E-state index in [1.54, 1.807) is 7.11 Å². The Morgan fingerprint density at radius 1 is 1.09 bits per heavy atom. The van der Waals surface area contributed by atoms with Crippen LogP contribution in [0.4, 0.5) is 17.2 Å². The summed E-state index contributed by atoms with van der Waals surface area (Å²) in [6, 6.07) is 15.5. The topological polar surface area (TPSA) is 120 Å². The van der Waals surface area contributed by atoms with Crippen LogP contribution in [-0.4, -0.2) is 48.3 Å². The fourth-order valence-electron chi connectivity index (χ4n) is 3.95. The SMILES string of the molecule is COc1ccc(-c2ccc(N3CCCC(C(=O)Nc4cc([N+](=O)[O-])ccc4OC)C3)nn2)cc1. The molecular formula is C24H25N5O5. The summed E-state index contributed by atoms with van der Waals surface area (Å²) < 4.78 is 10.4. The Morgan fingerprint density at radius 3 is 2.53 bits per heavy atom. The Bertz CT molecular complexity index is 1170. The predicted octanol–water partition coefficient (Wildman–Crippen LogP) is 3.92. The highest BCUT2D eigenvalue weighted by Gasteiger charge is 2.28. The molecule has 1 unspecified atom stereocenters. The second-order valence-corrected chi connectivity index (χ2v) is 7.92. The number of nitrogens with zero attached hydrogens (tertiary/aromatic N) is 4. The molecule has 34 heavy (non-hydrogen) atoms. The number of rotatable bonds is 7. The van der Waals surface area contributed by atoms with Gasteiger partial charge in [0.05, 0.1) is 36.4 Å². The highest BCUT2D eigenvalue weighted by Crippen LogP contribution is 2.31. The zero-order chi connectivity index (χ0) is 24.1. The number of hydrogen-bond acceptors (Lipinski definition) is 8. The van der Waals surface area contributed by atoms with E-state index in [2.05, 4.69) is 15.5 Å². The number of piperidine rings is 1. The Kier molecular flexibility index (Phi) is 6.86. The molecule has 1 atom stereocenters. The summed E-state index contributed by atoms with van der Waals surface area (Å²) >= 11 is 0. The third-order valence-corrected chi connectivity index (χ3v) is 5.80. The number of aromatic nitrogens is 2. The van der Waals surface area contributed by atoms with Crippen molar-refractivity contribution in [3.05, 3.63) is 64.7 Å². The molecule has 1 saturated heterocycles. The summed E-state index contributed by atoms with van der Waals surface area (Å²) in [7, 11) is 3.07. The van der Waals surface area contributed by atoms with Crippen molar-refractivity contribution < 1.29 is 19.2 Å². The molecule has 1 N–H and O–H groups in total.